The van der Waals surface area contributed by atoms with E-state index in [2.05, 4.69) is 16.0 Å². The van der Waals surface area contributed by atoms with E-state index < -0.39 is 17.6 Å². The minimum absolute atomic E-state index is 0.173. The van der Waals surface area contributed by atoms with Crippen molar-refractivity contribution in [3.8, 4) is 0 Å². The summed E-state index contributed by atoms with van der Waals surface area (Å²) in [4.78, 5) is 37.4. The van der Waals surface area contributed by atoms with Gasteiger partial charge in [0.25, 0.3) is 0 Å². The number of amides is 3. The van der Waals surface area contributed by atoms with Gasteiger partial charge in [0.2, 0.25) is 11.8 Å². The summed E-state index contributed by atoms with van der Waals surface area (Å²) in [5, 5.41) is 8.22. The highest BCUT2D eigenvalue weighted by Gasteiger charge is 2.23. The molecule has 0 spiro atoms. The van der Waals surface area contributed by atoms with Crippen LogP contribution in [0.25, 0.3) is 0 Å². The van der Waals surface area contributed by atoms with Crippen molar-refractivity contribution in [1.82, 2.24) is 10.6 Å². The fourth-order valence-corrected chi connectivity index (χ4v) is 3.51. The fourth-order valence-electron chi connectivity index (χ4n) is 3.51. The first-order chi connectivity index (χ1) is 16.7. The lowest BCUT2D eigenvalue weighted by molar-refractivity contribution is -0.120. The van der Waals surface area contributed by atoms with E-state index in [-0.39, 0.29) is 24.9 Å². The van der Waals surface area contributed by atoms with Gasteiger partial charge in [0.1, 0.15) is 12.1 Å². The number of para-hydroxylation sites is 1. The van der Waals surface area contributed by atoms with Gasteiger partial charge in [-0.25, -0.2) is 4.79 Å². The summed E-state index contributed by atoms with van der Waals surface area (Å²) >= 11 is 0. The summed E-state index contributed by atoms with van der Waals surface area (Å²) in [5.41, 5.74) is 2.47. The van der Waals surface area contributed by atoms with Crippen LogP contribution in [0.15, 0.2) is 84.9 Å². The van der Waals surface area contributed by atoms with Crippen LogP contribution in [-0.4, -0.2) is 30.1 Å². The zero-order valence-corrected chi connectivity index (χ0v) is 20.2. The Hall–Kier alpha value is -4.13. The molecule has 0 unspecified atom stereocenters. The second-order valence-electron chi connectivity index (χ2n) is 9.03. The molecular weight excluding hydrogens is 442 g/mol. The first-order valence-electron chi connectivity index (χ1n) is 11.4. The van der Waals surface area contributed by atoms with Crippen LogP contribution in [0.3, 0.4) is 0 Å². The van der Waals surface area contributed by atoms with E-state index in [4.69, 9.17) is 4.74 Å². The van der Waals surface area contributed by atoms with Gasteiger partial charge in [-0.3, -0.25) is 9.59 Å². The number of hydrogen-bond acceptors (Lipinski definition) is 4. The normalized spacial score (nSPS) is 11.0. The third-order valence-electron chi connectivity index (χ3n) is 5.07. The number of benzene rings is 3. The Morgan fingerprint density at radius 3 is 1.89 bits per heavy atom. The third kappa shape index (κ3) is 7.99. The lowest BCUT2D eigenvalue weighted by Crippen LogP contribution is -2.39. The van der Waals surface area contributed by atoms with Crippen molar-refractivity contribution < 1.29 is 19.1 Å². The molecule has 0 saturated carbocycles. The van der Waals surface area contributed by atoms with Crippen molar-refractivity contribution in [2.75, 3.05) is 11.9 Å². The Morgan fingerprint density at radius 2 is 1.31 bits per heavy atom. The highest BCUT2D eigenvalue weighted by molar-refractivity contribution is 5.98. The van der Waals surface area contributed by atoms with E-state index in [0.717, 1.165) is 16.7 Å². The second-order valence-corrected chi connectivity index (χ2v) is 9.03. The Kier molecular flexibility index (Phi) is 8.62. The van der Waals surface area contributed by atoms with Crippen LogP contribution < -0.4 is 16.0 Å². The molecule has 0 aliphatic rings. The average Bonchev–Trinajstić information content (AvgIpc) is 2.83. The van der Waals surface area contributed by atoms with Gasteiger partial charge in [-0.2, -0.15) is 0 Å². The molecule has 3 rings (SSSR count). The van der Waals surface area contributed by atoms with Crippen molar-refractivity contribution in [2.45, 2.75) is 38.8 Å². The minimum atomic E-state index is -0.659. The predicted octanol–water partition coefficient (Wildman–Crippen LogP) is 4.60. The van der Waals surface area contributed by atoms with E-state index in [9.17, 15) is 14.4 Å². The van der Waals surface area contributed by atoms with Crippen molar-refractivity contribution in [3.05, 3.63) is 102 Å². The Bertz CT molecular complexity index is 1100. The maximum atomic E-state index is 13.4. The van der Waals surface area contributed by atoms with Crippen LogP contribution in [0.4, 0.5) is 10.5 Å². The fraction of sp³-hybridized carbons (Fsp3) is 0.250. The van der Waals surface area contributed by atoms with E-state index >= 15 is 0 Å². The van der Waals surface area contributed by atoms with E-state index in [0.29, 0.717) is 5.69 Å². The zero-order chi connectivity index (χ0) is 25.3. The molecular formula is C28H31N3O4. The molecule has 0 radical (unpaired) electrons. The van der Waals surface area contributed by atoms with Gasteiger partial charge in [-0.15, -0.1) is 0 Å². The van der Waals surface area contributed by atoms with Gasteiger partial charge >= 0.3 is 6.09 Å². The number of nitrogens with one attached hydrogen (secondary N) is 3. The topological polar surface area (TPSA) is 96.5 Å². The molecule has 7 nitrogen and oxygen atoms in total. The highest BCUT2D eigenvalue weighted by atomic mass is 16.6. The molecule has 3 aromatic carbocycles. The molecule has 0 heterocycles. The molecule has 35 heavy (non-hydrogen) atoms. The number of carbonyl (C=O) groups is 3. The van der Waals surface area contributed by atoms with Crippen molar-refractivity contribution in [3.63, 3.8) is 0 Å². The molecule has 3 aromatic rings. The van der Waals surface area contributed by atoms with E-state index in [1.165, 1.54) is 0 Å². The molecule has 0 aliphatic carbocycles. The van der Waals surface area contributed by atoms with Gasteiger partial charge < -0.3 is 20.7 Å². The molecule has 3 amide bonds. The van der Waals surface area contributed by atoms with Crippen LogP contribution in [0.1, 0.15) is 43.4 Å². The maximum absolute atomic E-state index is 13.4. The number of carbonyl (C=O) groups excluding carboxylic acids is 3. The van der Waals surface area contributed by atoms with Crippen molar-refractivity contribution in [2.24, 2.45) is 0 Å². The largest absolute Gasteiger partial charge is 0.444 e. The molecule has 0 atom stereocenters. The van der Waals surface area contributed by atoms with Crippen LogP contribution in [-0.2, 0) is 20.9 Å². The van der Waals surface area contributed by atoms with Crippen LogP contribution in [0.5, 0.6) is 0 Å². The summed E-state index contributed by atoms with van der Waals surface area (Å²) in [5.74, 6) is -1.03. The quantitative estimate of drug-likeness (QED) is 0.446. The predicted molar refractivity (Wildman–Crippen MR) is 136 cm³/mol. The van der Waals surface area contributed by atoms with E-state index in [1.807, 2.05) is 78.9 Å². The van der Waals surface area contributed by atoms with E-state index in [1.54, 1.807) is 26.8 Å². The second kappa shape index (κ2) is 11.8. The van der Waals surface area contributed by atoms with Gasteiger partial charge in [-0.1, -0.05) is 78.9 Å². The Morgan fingerprint density at radius 1 is 0.771 bits per heavy atom. The number of ether oxygens (including phenoxy) is 1. The lowest BCUT2D eigenvalue weighted by atomic mass is 9.90. The summed E-state index contributed by atoms with van der Waals surface area (Å²) in [6, 6.07) is 26.5. The molecule has 0 aliphatic heterocycles. The Balaban J connectivity index is 1.66. The molecule has 0 fully saturated rings. The summed E-state index contributed by atoms with van der Waals surface area (Å²) in [6.07, 6.45) is -0.659. The van der Waals surface area contributed by atoms with Gasteiger partial charge in [0.05, 0.1) is 5.92 Å². The van der Waals surface area contributed by atoms with Gasteiger partial charge in [0.15, 0.2) is 0 Å². The number of alkyl carbamates (subject to hydrolysis) is 1. The molecule has 3 N–H and O–H groups in total. The maximum Gasteiger partial charge on any atom is 0.408 e. The number of anilines is 1. The number of hydrogen-bond donors (Lipinski definition) is 3. The van der Waals surface area contributed by atoms with Crippen LogP contribution >= 0.6 is 0 Å². The first-order valence-corrected chi connectivity index (χ1v) is 11.4. The summed E-state index contributed by atoms with van der Waals surface area (Å²) in [6.45, 7) is 5.22. The SMILES string of the molecule is CC(C)(C)OC(=O)NCC(=O)NCc1ccccc1NC(=O)C(c1ccccc1)c1ccccc1. The summed E-state index contributed by atoms with van der Waals surface area (Å²) in [7, 11) is 0. The highest BCUT2D eigenvalue weighted by Crippen LogP contribution is 2.27. The van der Waals surface area contributed by atoms with Crippen LogP contribution in [0.2, 0.25) is 0 Å². The van der Waals surface area contributed by atoms with Crippen molar-refractivity contribution in [1.29, 1.82) is 0 Å². The third-order valence-corrected chi connectivity index (χ3v) is 5.07. The molecule has 0 aromatic heterocycles. The van der Waals surface area contributed by atoms with Gasteiger partial charge in [-0.05, 0) is 43.5 Å². The smallest absolute Gasteiger partial charge is 0.408 e. The van der Waals surface area contributed by atoms with Gasteiger partial charge in [0, 0.05) is 12.2 Å². The Labute approximate surface area is 205 Å². The first kappa shape index (κ1) is 25.5. The zero-order valence-electron chi connectivity index (χ0n) is 20.2. The number of rotatable bonds is 8. The standard InChI is InChI=1S/C28H31N3O4/c1-28(2,3)35-27(34)30-19-24(32)29-18-22-16-10-11-17-23(22)31-26(33)25(20-12-6-4-7-13-20)21-14-8-5-9-15-21/h4-17,25H,18-19H2,1-3H3,(H,29,32)(H,30,34)(H,31,33). The molecule has 0 bridgehead atoms. The molecule has 7 heteroatoms. The average molecular weight is 474 g/mol. The lowest BCUT2D eigenvalue weighted by Gasteiger charge is -2.20. The monoisotopic (exact) mass is 473 g/mol. The van der Waals surface area contributed by atoms with Crippen LogP contribution in [0, 0.1) is 0 Å². The summed E-state index contributed by atoms with van der Waals surface area (Å²) < 4.78 is 5.13. The molecule has 0 saturated heterocycles. The van der Waals surface area contributed by atoms with Crippen molar-refractivity contribution >= 4 is 23.6 Å². The minimum Gasteiger partial charge on any atom is -0.444 e. The molecule has 182 valence electrons.